The molecule has 3 aromatic rings. The van der Waals surface area contributed by atoms with E-state index in [2.05, 4.69) is 57.3 Å². The second-order valence-electron chi connectivity index (χ2n) is 8.46. The van der Waals surface area contributed by atoms with Crippen molar-refractivity contribution >= 4 is 52.1 Å². The molecule has 5 nitrogen and oxygen atoms in total. The number of halogens is 3. The summed E-state index contributed by atoms with van der Waals surface area (Å²) in [6.07, 6.45) is 3.95. The first-order chi connectivity index (χ1) is 15.9. The third-order valence-corrected chi connectivity index (χ3v) is 7.07. The summed E-state index contributed by atoms with van der Waals surface area (Å²) in [5.74, 6) is 0.542. The number of likely N-dealkylation sites (N-methyl/N-ethyl adjacent to an activating group) is 1. The number of hydrogen-bond donors (Lipinski definition) is 1. The summed E-state index contributed by atoms with van der Waals surface area (Å²) in [4.78, 5) is 13.8. The fourth-order valence-electron chi connectivity index (χ4n) is 4.01. The van der Waals surface area contributed by atoms with Crippen LogP contribution in [0.5, 0.6) is 0 Å². The van der Waals surface area contributed by atoms with Crippen LogP contribution in [-0.4, -0.2) is 48.1 Å². The van der Waals surface area contributed by atoms with Crippen LogP contribution >= 0.6 is 34.8 Å². The summed E-state index contributed by atoms with van der Waals surface area (Å²) in [5.41, 5.74) is 5.16. The Morgan fingerprint density at radius 2 is 1.67 bits per heavy atom. The normalized spacial score (nSPS) is 14.5. The van der Waals surface area contributed by atoms with E-state index in [1.807, 2.05) is 18.2 Å². The van der Waals surface area contributed by atoms with E-state index in [0.717, 1.165) is 61.5 Å². The predicted molar refractivity (Wildman–Crippen MR) is 140 cm³/mol. The Morgan fingerprint density at radius 1 is 0.939 bits per heavy atom. The highest BCUT2D eigenvalue weighted by atomic mass is 35.5. The zero-order valence-electron chi connectivity index (χ0n) is 18.9. The smallest absolute Gasteiger partial charge is 0.227 e. The summed E-state index contributed by atoms with van der Waals surface area (Å²) in [7, 11) is 2.17. The van der Waals surface area contributed by atoms with E-state index < -0.39 is 0 Å². The van der Waals surface area contributed by atoms with E-state index in [-0.39, 0.29) is 0 Å². The number of piperazine rings is 1. The lowest BCUT2D eigenvalue weighted by atomic mass is 10.1. The van der Waals surface area contributed by atoms with Crippen molar-refractivity contribution in [1.29, 1.82) is 0 Å². The maximum atomic E-state index is 6.38. The molecule has 2 aromatic carbocycles. The first kappa shape index (κ1) is 24.1. The molecule has 4 rings (SSSR count). The van der Waals surface area contributed by atoms with Gasteiger partial charge in [0.1, 0.15) is 0 Å². The van der Waals surface area contributed by atoms with Crippen molar-refractivity contribution in [2.75, 3.05) is 43.4 Å². The average molecular weight is 505 g/mol. The molecule has 1 aliphatic heterocycles. The van der Waals surface area contributed by atoms with Gasteiger partial charge in [-0.1, -0.05) is 40.9 Å². The summed E-state index contributed by atoms with van der Waals surface area (Å²) >= 11 is 19.0. The van der Waals surface area contributed by atoms with E-state index >= 15 is 0 Å². The molecular weight excluding hydrogens is 477 g/mol. The minimum absolute atomic E-state index is 0.542. The molecule has 0 bridgehead atoms. The van der Waals surface area contributed by atoms with Gasteiger partial charge in [-0.3, -0.25) is 0 Å². The van der Waals surface area contributed by atoms with Gasteiger partial charge in [-0.25, -0.2) is 9.97 Å². The van der Waals surface area contributed by atoms with E-state index in [9.17, 15) is 0 Å². The van der Waals surface area contributed by atoms with E-state index in [4.69, 9.17) is 34.8 Å². The molecule has 0 radical (unpaired) electrons. The molecule has 33 heavy (non-hydrogen) atoms. The van der Waals surface area contributed by atoms with Crippen LogP contribution < -0.4 is 10.2 Å². The summed E-state index contributed by atoms with van der Waals surface area (Å²) in [5, 5.41) is 5.29. The number of rotatable bonds is 7. The Balaban J connectivity index is 1.41. The second-order valence-corrected chi connectivity index (χ2v) is 9.68. The quantitative estimate of drug-likeness (QED) is 0.402. The van der Waals surface area contributed by atoms with Crippen LogP contribution in [0, 0.1) is 6.92 Å². The Morgan fingerprint density at radius 3 is 2.36 bits per heavy atom. The molecule has 0 saturated carbocycles. The lowest BCUT2D eigenvalue weighted by Crippen LogP contribution is -2.44. The molecule has 1 aliphatic rings. The number of aryl methyl sites for hydroxylation is 2. The largest absolute Gasteiger partial charge is 0.369 e. The molecule has 0 aliphatic carbocycles. The van der Waals surface area contributed by atoms with Crippen molar-refractivity contribution in [3.8, 4) is 0 Å². The Kier molecular flexibility index (Phi) is 7.97. The Bertz CT molecular complexity index is 1090. The molecule has 1 fully saturated rings. The number of benzene rings is 2. The molecule has 2 heterocycles. The van der Waals surface area contributed by atoms with Gasteiger partial charge in [0.05, 0.1) is 16.9 Å². The molecule has 0 amide bonds. The lowest BCUT2D eigenvalue weighted by Gasteiger charge is -2.34. The molecule has 174 valence electrons. The van der Waals surface area contributed by atoms with Gasteiger partial charge in [0.2, 0.25) is 5.95 Å². The number of anilines is 3. The third-order valence-electron chi connectivity index (χ3n) is 6.04. The molecule has 0 spiro atoms. The number of aromatic nitrogens is 2. The van der Waals surface area contributed by atoms with Gasteiger partial charge in [0.15, 0.2) is 0 Å². The topological polar surface area (TPSA) is 44.3 Å². The molecule has 0 unspecified atom stereocenters. The van der Waals surface area contributed by atoms with Crippen molar-refractivity contribution in [1.82, 2.24) is 14.9 Å². The van der Waals surface area contributed by atoms with Crippen LogP contribution in [0.4, 0.5) is 17.3 Å². The summed E-state index contributed by atoms with van der Waals surface area (Å²) < 4.78 is 0. The van der Waals surface area contributed by atoms with Crippen molar-refractivity contribution in [2.24, 2.45) is 0 Å². The molecule has 1 N–H and O–H groups in total. The van der Waals surface area contributed by atoms with Gasteiger partial charge in [-0.2, -0.15) is 0 Å². The van der Waals surface area contributed by atoms with Gasteiger partial charge >= 0.3 is 0 Å². The predicted octanol–water partition coefficient (Wildman–Crippen LogP) is 6.42. The van der Waals surface area contributed by atoms with Crippen LogP contribution in [-0.2, 0) is 12.8 Å². The van der Waals surface area contributed by atoms with Gasteiger partial charge in [-0.05, 0) is 74.7 Å². The van der Waals surface area contributed by atoms with Crippen LogP contribution in [0.25, 0.3) is 0 Å². The van der Waals surface area contributed by atoms with Crippen molar-refractivity contribution in [3.63, 3.8) is 0 Å². The van der Waals surface area contributed by atoms with Crippen molar-refractivity contribution < 1.29 is 0 Å². The third kappa shape index (κ3) is 6.10. The zero-order chi connectivity index (χ0) is 23.4. The van der Waals surface area contributed by atoms with Gasteiger partial charge < -0.3 is 15.1 Å². The maximum Gasteiger partial charge on any atom is 0.227 e. The Hall–Kier alpha value is -2.05. The highest BCUT2D eigenvalue weighted by Gasteiger charge is 2.15. The molecule has 0 atom stereocenters. The zero-order valence-corrected chi connectivity index (χ0v) is 21.2. The second kappa shape index (κ2) is 10.9. The average Bonchev–Trinajstić information content (AvgIpc) is 2.79. The fraction of sp³-hybridized carbons (Fsp3) is 0.360. The number of nitrogens with one attached hydrogen (secondary N) is 1. The van der Waals surface area contributed by atoms with Crippen LogP contribution in [0.15, 0.2) is 42.6 Å². The standard InChI is InChI=1S/C25H28Cl3N5/c1-17-15-18(33-13-11-32(2)12-14-33)9-10-23(17)30-25-29-16-22(28)24(31-25)8-3-5-19-20(26)6-4-7-21(19)27/h4,6-7,9-10,15-16H,3,5,8,11-14H2,1-2H3,(H,29,30,31). The minimum atomic E-state index is 0.542. The van der Waals surface area contributed by atoms with Crippen LogP contribution in [0.2, 0.25) is 15.1 Å². The number of hydrogen-bond acceptors (Lipinski definition) is 5. The summed E-state index contributed by atoms with van der Waals surface area (Å²) in [6, 6.07) is 12.1. The molecule has 1 saturated heterocycles. The molecular formula is C25H28Cl3N5. The van der Waals surface area contributed by atoms with Crippen LogP contribution in [0.3, 0.4) is 0 Å². The van der Waals surface area contributed by atoms with Gasteiger partial charge in [0, 0.05) is 47.6 Å². The first-order valence-corrected chi connectivity index (χ1v) is 12.3. The number of nitrogens with zero attached hydrogens (tertiary/aromatic N) is 4. The van der Waals surface area contributed by atoms with E-state index in [1.165, 1.54) is 5.69 Å². The van der Waals surface area contributed by atoms with Gasteiger partial charge in [0.25, 0.3) is 0 Å². The first-order valence-electron chi connectivity index (χ1n) is 11.2. The molecule has 1 aromatic heterocycles. The monoisotopic (exact) mass is 503 g/mol. The summed E-state index contributed by atoms with van der Waals surface area (Å²) in [6.45, 7) is 6.37. The highest BCUT2D eigenvalue weighted by molar-refractivity contribution is 6.36. The Labute approximate surface area is 210 Å². The van der Waals surface area contributed by atoms with E-state index in [0.29, 0.717) is 27.4 Å². The lowest BCUT2D eigenvalue weighted by molar-refractivity contribution is 0.313. The van der Waals surface area contributed by atoms with Crippen LogP contribution in [0.1, 0.15) is 23.2 Å². The maximum absolute atomic E-state index is 6.38. The van der Waals surface area contributed by atoms with E-state index in [1.54, 1.807) is 6.20 Å². The van der Waals surface area contributed by atoms with Crippen molar-refractivity contribution in [3.05, 3.63) is 74.5 Å². The highest BCUT2D eigenvalue weighted by Crippen LogP contribution is 2.28. The minimum Gasteiger partial charge on any atom is -0.369 e. The fourth-order valence-corrected chi connectivity index (χ4v) is 4.78. The van der Waals surface area contributed by atoms with Crippen molar-refractivity contribution in [2.45, 2.75) is 26.2 Å². The SMILES string of the molecule is Cc1cc(N2CCN(C)CC2)ccc1Nc1ncc(Cl)c(CCCc2c(Cl)cccc2Cl)n1. The van der Waals surface area contributed by atoms with Gasteiger partial charge in [-0.15, -0.1) is 0 Å². The molecule has 8 heteroatoms.